The Bertz CT molecular complexity index is 773. The third-order valence-corrected chi connectivity index (χ3v) is 4.06. The molecule has 8 heteroatoms. The fraction of sp³-hybridized carbons (Fsp3) is 0.133. The predicted molar refractivity (Wildman–Crippen MR) is 82.2 cm³/mol. The molecule has 0 aliphatic heterocycles. The van der Waals surface area contributed by atoms with Gasteiger partial charge in [0, 0.05) is 0 Å². The molecule has 0 unspecified atom stereocenters. The molecule has 0 heterocycles. The molecule has 1 N–H and O–H groups in total. The van der Waals surface area contributed by atoms with Gasteiger partial charge in [-0.2, -0.15) is 22.3 Å². The summed E-state index contributed by atoms with van der Waals surface area (Å²) in [5, 5.41) is 3.65. The Hall–Kier alpha value is -2.48. The third kappa shape index (κ3) is 5.03. The number of nitrogens with zero attached hydrogens (tertiary/aromatic N) is 1. The molecular weight excluding hydrogens is 326 g/mol. The van der Waals surface area contributed by atoms with E-state index in [-0.39, 0.29) is 10.6 Å². The first kappa shape index (κ1) is 16.9. The lowest BCUT2D eigenvalue weighted by molar-refractivity contribution is -0.0498. The molecule has 2 rings (SSSR count). The number of hydrazone groups is 1. The lowest BCUT2D eigenvalue weighted by Crippen LogP contribution is -2.18. The van der Waals surface area contributed by atoms with Gasteiger partial charge in [0.15, 0.2) is 0 Å². The van der Waals surface area contributed by atoms with E-state index in [9.17, 15) is 17.2 Å². The number of alkyl halides is 2. The smallest absolute Gasteiger partial charge is 0.387 e. The van der Waals surface area contributed by atoms with Crippen LogP contribution in [-0.2, 0) is 10.0 Å². The van der Waals surface area contributed by atoms with E-state index in [2.05, 4.69) is 14.7 Å². The zero-order valence-electron chi connectivity index (χ0n) is 12.1. The van der Waals surface area contributed by atoms with Crippen molar-refractivity contribution >= 4 is 16.2 Å². The van der Waals surface area contributed by atoms with Crippen molar-refractivity contribution in [1.29, 1.82) is 0 Å². The molecule has 0 bridgehead atoms. The molecule has 2 aromatic carbocycles. The van der Waals surface area contributed by atoms with Gasteiger partial charge in [0.2, 0.25) is 0 Å². The molecule has 5 nitrogen and oxygen atoms in total. The Labute approximate surface area is 132 Å². The van der Waals surface area contributed by atoms with E-state index in [0.717, 1.165) is 5.56 Å². The van der Waals surface area contributed by atoms with Crippen LogP contribution in [0.25, 0.3) is 0 Å². The molecule has 0 aromatic heterocycles. The average Bonchev–Trinajstić information content (AvgIpc) is 2.49. The summed E-state index contributed by atoms with van der Waals surface area (Å²) in [6.07, 6.45) is 1.26. The van der Waals surface area contributed by atoms with Gasteiger partial charge in [0.25, 0.3) is 10.0 Å². The van der Waals surface area contributed by atoms with E-state index < -0.39 is 16.6 Å². The van der Waals surface area contributed by atoms with Crippen LogP contribution < -0.4 is 9.57 Å². The Morgan fingerprint density at radius 2 is 1.70 bits per heavy atom. The van der Waals surface area contributed by atoms with E-state index >= 15 is 0 Å². The fourth-order valence-electron chi connectivity index (χ4n) is 1.68. The zero-order valence-corrected chi connectivity index (χ0v) is 12.9. The zero-order chi connectivity index (χ0) is 16.9. The van der Waals surface area contributed by atoms with Crippen LogP contribution in [0.2, 0.25) is 0 Å². The monoisotopic (exact) mass is 340 g/mol. The molecule has 0 saturated heterocycles. The second kappa shape index (κ2) is 7.19. The largest absolute Gasteiger partial charge is 0.435 e. The van der Waals surface area contributed by atoms with Gasteiger partial charge in [-0.25, -0.2) is 4.83 Å². The first-order chi connectivity index (χ1) is 10.9. The topological polar surface area (TPSA) is 67.8 Å². The van der Waals surface area contributed by atoms with Crippen molar-refractivity contribution in [3.8, 4) is 5.75 Å². The summed E-state index contributed by atoms with van der Waals surface area (Å²) in [6.45, 7) is -1.04. The second-order valence-corrected chi connectivity index (χ2v) is 6.27. The summed E-state index contributed by atoms with van der Waals surface area (Å²) in [4.78, 5) is 2.18. The minimum absolute atomic E-state index is 0.0115. The highest BCUT2D eigenvalue weighted by atomic mass is 32.2. The maximum atomic E-state index is 12.0. The van der Waals surface area contributed by atoms with Gasteiger partial charge in [-0.05, 0) is 48.9 Å². The van der Waals surface area contributed by atoms with Crippen molar-refractivity contribution < 1.29 is 21.9 Å². The lowest BCUT2D eigenvalue weighted by atomic mass is 10.2. The highest BCUT2D eigenvalue weighted by Crippen LogP contribution is 2.14. The Morgan fingerprint density at radius 3 is 2.26 bits per heavy atom. The summed E-state index contributed by atoms with van der Waals surface area (Å²) in [6, 6.07) is 11.9. The van der Waals surface area contributed by atoms with Crippen molar-refractivity contribution in [2.24, 2.45) is 5.10 Å². The maximum Gasteiger partial charge on any atom is 0.387 e. The summed E-state index contributed by atoms with van der Waals surface area (Å²) >= 11 is 0. The number of hydrogen-bond acceptors (Lipinski definition) is 4. The summed E-state index contributed by atoms with van der Waals surface area (Å²) in [5.74, 6) is 0.0115. The molecule has 0 aliphatic carbocycles. The molecule has 0 radical (unpaired) electrons. The van der Waals surface area contributed by atoms with Gasteiger partial charge in [0.1, 0.15) is 5.75 Å². The molecule has 0 atom stereocenters. The van der Waals surface area contributed by atoms with Gasteiger partial charge in [0.05, 0.1) is 11.1 Å². The van der Waals surface area contributed by atoms with Crippen LogP contribution in [-0.4, -0.2) is 21.2 Å². The van der Waals surface area contributed by atoms with Crippen LogP contribution in [0.5, 0.6) is 5.75 Å². The van der Waals surface area contributed by atoms with Crippen LogP contribution in [0.1, 0.15) is 11.1 Å². The summed E-state index contributed by atoms with van der Waals surface area (Å²) in [5.41, 5.74) is 1.47. The molecule has 0 aliphatic rings. The van der Waals surface area contributed by atoms with E-state index in [0.29, 0.717) is 5.56 Å². The summed E-state index contributed by atoms with van der Waals surface area (Å²) in [7, 11) is -3.74. The summed E-state index contributed by atoms with van der Waals surface area (Å²) < 4.78 is 52.2. The molecule has 0 amide bonds. The van der Waals surface area contributed by atoms with Crippen molar-refractivity contribution in [2.75, 3.05) is 0 Å². The minimum Gasteiger partial charge on any atom is -0.435 e. The van der Waals surface area contributed by atoms with E-state index in [4.69, 9.17) is 0 Å². The lowest BCUT2D eigenvalue weighted by Gasteiger charge is -2.04. The highest BCUT2D eigenvalue weighted by molar-refractivity contribution is 7.89. The van der Waals surface area contributed by atoms with Gasteiger partial charge in [-0.1, -0.05) is 17.7 Å². The van der Waals surface area contributed by atoms with Crippen molar-refractivity contribution in [3.05, 3.63) is 59.7 Å². The Balaban J connectivity index is 2.01. The number of nitrogens with one attached hydrogen (secondary N) is 1. The first-order valence-electron chi connectivity index (χ1n) is 6.53. The van der Waals surface area contributed by atoms with Crippen LogP contribution in [0, 0.1) is 6.92 Å². The van der Waals surface area contributed by atoms with Crippen LogP contribution >= 0.6 is 0 Å². The van der Waals surface area contributed by atoms with E-state index in [1.54, 1.807) is 12.1 Å². The van der Waals surface area contributed by atoms with Crippen LogP contribution in [0.4, 0.5) is 8.78 Å². The number of benzene rings is 2. The number of hydrogen-bond donors (Lipinski definition) is 1. The maximum absolute atomic E-state index is 12.0. The molecule has 0 spiro atoms. The van der Waals surface area contributed by atoms with Crippen molar-refractivity contribution in [2.45, 2.75) is 18.4 Å². The first-order valence-corrected chi connectivity index (χ1v) is 8.01. The standard InChI is InChI=1S/C15H14F2N2O3S/c1-11-2-8-14(9-3-11)23(20,21)19-18-10-12-4-6-13(7-5-12)22-15(16)17/h2-10,15,19H,1H3/b18-10-. The third-order valence-electron chi connectivity index (χ3n) is 2.82. The van der Waals surface area contributed by atoms with Crippen molar-refractivity contribution in [1.82, 2.24) is 4.83 Å². The normalized spacial score (nSPS) is 11.8. The van der Waals surface area contributed by atoms with Crippen LogP contribution in [0.3, 0.4) is 0 Å². The number of sulfonamides is 1. The average molecular weight is 340 g/mol. The molecule has 122 valence electrons. The van der Waals surface area contributed by atoms with E-state index in [1.165, 1.54) is 42.6 Å². The number of rotatable bonds is 6. The van der Waals surface area contributed by atoms with Gasteiger partial charge in [-0.3, -0.25) is 0 Å². The molecule has 2 aromatic rings. The van der Waals surface area contributed by atoms with Crippen molar-refractivity contribution in [3.63, 3.8) is 0 Å². The quantitative estimate of drug-likeness (QED) is 0.649. The molecule has 0 saturated carbocycles. The highest BCUT2D eigenvalue weighted by Gasteiger charge is 2.11. The molecule has 0 fully saturated rings. The number of ether oxygens (including phenoxy) is 1. The Morgan fingerprint density at radius 1 is 1.09 bits per heavy atom. The second-order valence-electron chi connectivity index (χ2n) is 4.61. The van der Waals surface area contributed by atoms with Gasteiger partial charge in [-0.15, -0.1) is 0 Å². The fourth-order valence-corrected chi connectivity index (χ4v) is 2.47. The molecule has 23 heavy (non-hydrogen) atoms. The number of aryl methyl sites for hydroxylation is 1. The van der Waals surface area contributed by atoms with Crippen LogP contribution in [0.15, 0.2) is 58.5 Å². The molecular formula is C15H14F2N2O3S. The SMILES string of the molecule is Cc1ccc(S(=O)(=O)N/N=C\c2ccc(OC(F)F)cc2)cc1. The van der Waals surface area contributed by atoms with Gasteiger partial charge >= 0.3 is 6.61 Å². The van der Waals surface area contributed by atoms with Gasteiger partial charge < -0.3 is 4.74 Å². The minimum atomic E-state index is -3.74. The predicted octanol–water partition coefficient (Wildman–Crippen LogP) is 2.91. The number of halogens is 2. The van der Waals surface area contributed by atoms with E-state index in [1.807, 2.05) is 6.92 Å². The Kier molecular flexibility index (Phi) is 5.28.